The van der Waals surface area contributed by atoms with Gasteiger partial charge in [-0.15, -0.1) is 0 Å². The highest BCUT2D eigenvalue weighted by molar-refractivity contribution is 5.88. The molecule has 4 heteroatoms. The Balaban J connectivity index is 1.25. The van der Waals surface area contributed by atoms with Crippen LogP contribution >= 0.6 is 0 Å². The van der Waals surface area contributed by atoms with Crippen molar-refractivity contribution in [1.29, 1.82) is 0 Å². The van der Waals surface area contributed by atoms with Crippen LogP contribution in [0.5, 0.6) is 0 Å². The van der Waals surface area contributed by atoms with E-state index in [4.69, 9.17) is 0 Å². The third kappa shape index (κ3) is 2.23. The van der Waals surface area contributed by atoms with Crippen molar-refractivity contribution in [3.05, 3.63) is 35.9 Å². The summed E-state index contributed by atoms with van der Waals surface area (Å²) in [4.78, 5) is 24.0. The van der Waals surface area contributed by atoms with Gasteiger partial charge in [0, 0.05) is 11.8 Å². The number of hydrogen-bond donors (Lipinski definition) is 2. The molecule has 2 amide bonds. The fourth-order valence-corrected chi connectivity index (χ4v) is 3.76. The second kappa shape index (κ2) is 4.58. The highest BCUT2D eigenvalue weighted by atomic mass is 16.2. The summed E-state index contributed by atoms with van der Waals surface area (Å²) >= 11 is 0. The van der Waals surface area contributed by atoms with Crippen molar-refractivity contribution >= 4 is 11.8 Å². The Morgan fingerprint density at radius 1 is 1.05 bits per heavy atom. The van der Waals surface area contributed by atoms with E-state index in [9.17, 15) is 9.59 Å². The Hall–Kier alpha value is -1.84. The molecule has 3 atom stereocenters. The Kier molecular flexibility index (Phi) is 2.81. The summed E-state index contributed by atoms with van der Waals surface area (Å²) in [5, 5.41) is 0. The summed E-state index contributed by atoms with van der Waals surface area (Å²) in [6, 6.07) is 10.1. The van der Waals surface area contributed by atoms with Crippen LogP contribution in [0.15, 0.2) is 30.3 Å². The quantitative estimate of drug-likeness (QED) is 0.835. The van der Waals surface area contributed by atoms with Gasteiger partial charge in [0.15, 0.2) is 0 Å². The monoisotopic (exact) mass is 284 g/mol. The molecule has 0 heterocycles. The van der Waals surface area contributed by atoms with Crippen LogP contribution in [0.2, 0.25) is 0 Å². The number of rotatable bonds is 3. The van der Waals surface area contributed by atoms with E-state index < -0.39 is 0 Å². The molecule has 0 unspecified atom stereocenters. The van der Waals surface area contributed by atoms with Crippen LogP contribution in [0.25, 0.3) is 0 Å². The lowest BCUT2D eigenvalue weighted by atomic mass is 9.80. The van der Waals surface area contributed by atoms with E-state index in [1.54, 1.807) is 0 Å². The van der Waals surface area contributed by atoms with E-state index in [2.05, 4.69) is 23.0 Å². The highest BCUT2D eigenvalue weighted by Crippen LogP contribution is 2.65. The first kappa shape index (κ1) is 12.9. The first-order chi connectivity index (χ1) is 10.2. The van der Waals surface area contributed by atoms with Crippen LogP contribution in [0, 0.1) is 17.3 Å². The van der Waals surface area contributed by atoms with Crippen LogP contribution in [0.1, 0.15) is 43.6 Å². The SMILES string of the molecule is O=C(NNC(=O)[C@@H]1CC12CCC2)[C@@H]1C[C@H]1c1ccccc1. The van der Waals surface area contributed by atoms with Gasteiger partial charge in [0.05, 0.1) is 0 Å². The zero-order valence-corrected chi connectivity index (χ0v) is 12.0. The normalized spacial score (nSPS) is 31.1. The maximum Gasteiger partial charge on any atom is 0.242 e. The van der Waals surface area contributed by atoms with E-state index in [0.717, 1.165) is 12.8 Å². The minimum absolute atomic E-state index is 0.0000360. The fraction of sp³-hybridized carbons (Fsp3) is 0.529. The van der Waals surface area contributed by atoms with Crippen molar-refractivity contribution in [3.8, 4) is 0 Å². The molecule has 1 spiro atoms. The van der Waals surface area contributed by atoms with Gasteiger partial charge in [-0.1, -0.05) is 36.8 Å². The second-order valence-electron chi connectivity index (χ2n) is 6.81. The smallest absolute Gasteiger partial charge is 0.242 e. The molecule has 0 radical (unpaired) electrons. The lowest BCUT2D eigenvalue weighted by Gasteiger charge is -2.26. The van der Waals surface area contributed by atoms with Crippen LogP contribution in [0.3, 0.4) is 0 Å². The van der Waals surface area contributed by atoms with Gasteiger partial charge in [-0.05, 0) is 42.6 Å². The van der Waals surface area contributed by atoms with Crippen LogP contribution in [-0.4, -0.2) is 11.8 Å². The topological polar surface area (TPSA) is 58.2 Å². The van der Waals surface area contributed by atoms with Gasteiger partial charge < -0.3 is 0 Å². The number of carbonyl (C=O) groups is 2. The average Bonchev–Trinajstić information content (AvgIpc) is 3.36. The zero-order valence-electron chi connectivity index (χ0n) is 12.0. The van der Waals surface area contributed by atoms with E-state index >= 15 is 0 Å². The van der Waals surface area contributed by atoms with Gasteiger partial charge >= 0.3 is 0 Å². The largest absolute Gasteiger partial charge is 0.273 e. The Morgan fingerprint density at radius 2 is 1.76 bits per heavy atom. The first-order valence-corrected chi connectivity index (χ1v) is 7.84. The van der Waals surface area contributed by atoms with Gasteiger partial charge in [0.2, 0.25) is 11.8 Å². The van der Waals surface area contributed by atoms with Crippen molar-refractivity contribution < 1.29 is 9.59 Å². The molecule has 21 heavy (non-hydrogen) atoms. The van der Waals surface area contributed by atoms with Crippen LogP contribution in [-0.2, 0) is 9.59 Å². The summed E-state index contributed by atoms with van der Waals surface area (Å²) in [5.74, 6) is 0.391. The lowest BCUT2D eigenvalue weighted by molar-refractivity contribution is -0.131. The molecule has 0 aromatic heterocycles. The second-order valence-corrected chi connectivity index (χ2v) is 6.81. The molecule has 3 aliphatic rings. The van der Waals surface area contributed by atoms with Gasteiger partial charge in [-0.25, -0.2) is 0 Å². The first-order valence-electron chi connectivity index (χ1n) is 7.84. The van der Waals surface area contributed by atoms with Gasteiger partial charge in [-0.2, -0.15) is 0 Å². The molecule has 3 fully saturated rings. The van der Waals surface area contributed by atoms with Gasteiger partial charge in [-0.3, -0.25) is 20.4 Å². The average molecular weight is 284 g/mol. The summed E-state index contributed by atoms with van der Waals surface area (Å²) in [6.45, 7) is 0. The number of amides is 2. The summed E-state index contributed by atoms with van der Waals surface area (Å²) < 4.78 is 0. The van der Waals surface area contributed by atoms with Crippen molar-refractivity contribution in [2.45, 2.75) is 38.0 Å². The van der Waals surface area contributed by atoms with E-state index in [0.29, 0.717) is 11.3 Å². The predicted molar refractivity (Wildman–Crippen MR) is 78.0 cm³/mol. The maximum atomic E-state index is 12.1. The summed E-state index contributed by atoms with van der Waals surface area (Å²) in [7, 11) is 0. The summed E-state index contributed by atoms with van der Waals surface area (Å²) in [5.41, 5.74) is 6.75. The lowest BCUT2D eigenvalue weighted by Crippen LogP contribution is -2.44. The molecule has 0 aliphatic heterocycles. The number of carbonyl (C=O) groups excluding carboxylic acids is 2. The van der Waals surface area contributed by atoms with Crippen molar-refractivity contribution in [2.24, 2.45) is 17.3 Å². The third-order valence-corrected chi connectivity index (χ3v) is 5.52. The van der Waals surface area contributed by atoms with Crippen LogP contribution in [0.4, 0.5) is 0 Å². The molecule has 2 N–H and O–H groups in total. The highest BCUT2D eigenvalue weighted by Gasteiger charge is 2.61. The molecular weight excluding hydrogens is 264 g/mol. The number of hydrazine groups is 1. The molecule has 0 saturated heterocycles. The molecule has 4 rings (SSSR count). The predicted octanol–water partition coefficient (Wildman–Crippen LogP) is 2.13. The number of nitrogens with one attached hydrogen (secondary N) is 2. The number of hydrogen-bond acceptors (Lipinski definition) is 2. The van der Waals surface area contributed by atoms with E-state index in [1.807, 2.05) is 18.2 Å². The fourth-order valence-electron chi connectivity index (χ4n) is 3.76. The maximum absolute atomic E-state index is 12.1. The van der Waals surface area contributed by atoms with Crippen LogP contribution < -0.4 is 10.9 Å². The van der Waals surface area contributed by atoms with E-state index in [1.165, 1.54) is 24.8 Å². The van der Waals surface area contributed by atoms with E-state index in [-0.39, 0.29) is 23.7 Å². The third-order valence-electron chi connectivity index (χ3n) is 5.52. The van der Waals surface area contributed by atoms with Gasteiger partial charge in [0.25, 0.3) is 0 Å². The molecule has 0 bridgehead atoms. The summed E-state index contributed by atoms with van der Waals surface area (Å²) in [6.07, 6.45) is 5.48. The minimum Gasteiger partial charge on any atom is -0.273 e. The van der Waals surface area contributed by atoms with Crippen molar-refractivity contribution in [3.63, 3.8) is 0 Å². The molecule has 4 nitrogen and oxygen atoms in total. The Bertz CT molecular complexity index is 580. The molecule has 3 aliphatic carbocycles. The molecular formula is C17H20N2O2. The zero-order chi connectivity index (χ0) is 14.4. The van der Waals surface area contributed by atoms with Gasteiger partial charge in [0.1, 0.15) is 0 Å². The standard InChI is InChI=1S/C17H20N2O2/c20-15(13-9-12(13)11-5-2-1-3-6-11)18-19-16(21)14-10-17(14)7-4-8-17/h1-3,5-6,12-14H,4,7-10H2,(H,18,20)(H,19,21)/t12-,13+,14-/m0/s1. The van der Waals surface area contributed by atoms with Crippen molar-refractivity contribution in [2.75, 3.05) is 0 Å². The molecule has 1 aromatic rings. The molecule has 3 saturated carbocycles. The molecule has 110 valence electrons. The Labute approximate surface area is 124 Å². The van der Waals surface area contributed by atoms with Crippen molar-refractivity contribution in [1.82, 2.24) is 10.9 Å². The minimum atomic E-state index is -0.0551. The number of benzene rings is 1. The Morgan fingerprint density at radius 3 is 2.38 bits per heavy atom. The molecule has 1 aromatic carbocycles.